The van der Waals surface area contributed by atoms with Crippen molar-refractivity contribution in [2.24, 2.45) is 0 Å². The quantitative estimate of drug-likeness (QED) is 0.192. The van der Waals surface area contributed by atoms with E-state index in [2.05, 4.69) is 157 Å². The molecule has 0 aliphatic heterocycles. The zero-order chi connectivity index (χ0) is 30.5. The molecular weight excluding hydrogens is 556 g/mol. The van der Waals surface area contributed by atoms with Gasteiger partial charge in [-0.3, -0.25) is 4.98 Å². The summed E-state index contributed by atoms with van der Waals surface area (Å²) in [4.78, 5) is 9.80. The molecule has 0 fully saturated rings. The highest BCUT2D eigenvalue weighted by Crippen LogP contribution is 2.39. The largest absolute Gasteiger partial charge is 0.256 e. The molecule has 2 heteroatoms. The number of rotatable bonds is 4. The first-order valence-corrected chi connectivity index (χ1v) is 15.7. The van der Waals surface area contributed by atoms with Gasteiger partial charge in [0.25, 0.3) is 0 Å². The van der Waals surface area contributed by atoms with E-state index in [1.54, 1.807) is 0 Å². The summed E-state index contributed by atoms with van der Waals surface area (Å²) in [7, 11) is 0. The lowest BCUT2D eigenvalue weighted by molar-refractivity contribution is 1.33. The van der Waals surface area contributed by atoms with Crippen LogP contribution in [0.2, 0.25) is 0 Å². The molecule has 46 heavy (non-hydrogen) atoms. The maximum atomic E-state index is 5.24. The predicted octanol–water partition coefficient (Wildman–Crippen LogP) is 11.8. The Bertz CT molecular complexity index is 2570. The summed E-state index contributed by atoms with van der Waals surface area (Å²) in [5.74, 6) is 0. The molecule has 0 bridgehead atoms. The standard InChI is InChI=1S/C44H28N2/c1-2-10-32-25-35(21-16-29(32)9-1)44-28-40(30-17-19-31(20-18-30)42-15-7-8-24-45-42)41-27-34(22-23-43(41)46-44)39-26-33-11-3-4-12-36(33)37-13-5-6-14-38(37)39/h1-28H. The number of pyridine rings is 2. The van der Waals surface area contributed by atoms with Gasteiger partial charge in [0, 0.05) is 22.7 Å². The number of nitrogens with zero attached hydrogens (tertiary/aromatic N) is 2. The Hall–Kier alpha value is -6.12. The summed E-state index contributed by atoms with van der Waals surface area (Å²) in [6, 6.07) is 58.6. The van der Waals surface area contributed by atoms with Crippen LogP contribution in [-0.4, -0.2) is 9.97 Å². The molecule has 0 saturated carbocycles. The number of fused-ring (bicyclic) bond motifs is 5. The molecule has 0 saturated heterocycles. The lowest BCUT2D eigenvalue weighted by atomic mass is 9.91. The van der Waals surface area contributed by atoms with Gasteiger partial charge in [-0.05, 0) is 97.0 Å². The van der Waals surface area contributed by atoms with Crippen molar-refractivity contribution in [2.45, 2.75) is 0 Å². The molecule has 0 spiro atoms. The van der Waals surface area contributed by atoms with Gasteiger partial charge >= 0.3 is 0 Å². The van der Waals surface area contributed by atoms with E-state index in [-0.39, 0.29) is 0 Å². The van der Waals surface area contributed by atoms with Crippen LogP contribution in [0.5, 0.6) is 0 Å². The molecule has 0 N–H and O–H groups in total. The summed E-state index contributed by atoms with van der Waals surface area (Å²) in [6.45, 7) is 0. The predicted molar refractivity (Wildman–Crippen MR) is 194 cm³/mol. The monoisotopic (exact) mass is 584 g/mol. The fourth-order valence-electron chi connectivity index (χ4n) is 6.78. The van der Waals surface area contributed by atoms with Crippen molar-refractivity contribution in [3.05, 3.63) is 170 Å². The summed E-state index contributed by atoms with van der Waals surface area (Å²) in [6.07, 6.45) is 1.84. The fraction of sp³-hybridized carbons (Fsp3) is 0. The Morgan fingerprint density at radius 1 is 0.326 bits per heavy atom. The van der Waals surface area contributed by atoms with Gasteiger partial charge < -0.3 is 0 Å². The van der Waals surface area contributed by atoms with Gasteiger partial charge in [-0.15, -0.1) is 0 Å². The number of benzene rings is 7. The van der Waals surface area contributed by atoms with Crippen LogP contribution in [0.3, 0.4) is 0 Å². The molecule has 2 aromatic heterocycles. The third kappa shape index (κ3) is 4.51. The van der Waals surface area contributed by atoms with Gasteiger partial charge in [-0.25, -0.2) is 4.98 Å². The lowest BCUT2D eigenvalue weighted by Crippen LogP contribution is -1.92. The van der Waals surface area contributed by atoms with Crippen molar-refractivity contribution in [1.29, 1.82) is 0 Å². The Kier molecular flexibility index (Phi) is 6.17. The van der Waals surface area contributed by atoms with E-state index >= 15 is 0 Å². The Morgan fingerprint density at radius 2 is 0.978 bits per heavy atom. The first-order chi connectivity index (χ1) is 22.8. The van der Waals surface area contributed by atoms with Crippen LogP contribution in [-0.2, 0) is 0 Å². The average Bonchev–Trinajstić information content (AvgIpc) is 3.14. The van der Waals surface area contributed by atoms with Crippen molar-refractivity contribution >= 4 is 43.2 Å². The minimum Gasteiger partial charge on any atom is -0.256 e. The number of aromatic nitrogens is 2. The highest BCUT2D eigenvalue weighted by molar-refractivity contribution is 6.14. The lowest BCUT2D eigenvalue weighted by Gasteiger charge is -2.15. The zero-order valence-corrected chi connectivity index (χ0v) is 25.1. The molecule has 0 unspecified atom stereocenters. The first-order valence-electron chi connectivity index (χ1n) is 15.7. The number of hydrogen-bond acceptors (Lipinski definition) is 2. The van der Waals surface area contributed by atoms with Crippen molar-refractivity contribution in [1.82, 2.24) is 9.97 Å². The Labute approximate surface area is 267 Å². The molecule has 2 heterocycles. The van der Waals surface area contributed by atoms with Gasteiger partial charge in [0.1, 0.15) is 0 Å². The summed E-state index contributed by atoms with van der Waals surface area (Å²) < 4.78 is 0. The summed E-state index contributed by atoms with van der Waals surface area (Å²) in [5, 5.41) is 8.61. The third-order valence-corrected chi connectivity index (χ3v) is 9.09. The smallest absolute Gasteiger partial charge is 0.0716 e. The minimum atomic E-state index is 0.964. The van der Waals surface area contributed by atoms with Gasteiger partial charge in [0.15, 0.2) is 0 Å². The van der Waals surface area contributed by atoms with Crippen LogP contribution in [0.4, 0.5) is 0 Å². The molecule has 7 aromatic carbocycles. The maximum Gasteiger partial charge on any atom is 0.0716 e. The van der Waals surface area contributed by atoms with Crippen LogP contribution in [0.25, 0.3) is 88.0 Å². The van der Waals surface area contributed by atoms with E-state index in [9.17, 15) is 0 Å². The topological polar surface area (TPSA) is 25.8 Å². The molecular formula is C44H28N2. The van der Waals surface area contributed by atoms with Crippen LogP contribution < -0.4 is 0 Å². The van der Waals surface area contributed by atoms with E-state index in [0.29, 0.717) is 0 Å². The Balaban J connectivity index is 1.27. The van der Waals surface area contributed by atoms with Gasteiger partial charge in [0.2, 0.25) is 0 Å². The van der Waals surface area contributed by atoms with E-state index < -0.39 is 0 Å². The highest BCUT2D eigenvalue weighted by Gasteiger charge is 2.14. The molecule has 9 aromatic rings. The average molecular weight is 585 g/mol. The second-order valence-corrected chi connectivity index (χ2v) is 11.8. The first kappa shape index (κ1) is 26.3. The second kappa shape index (κ2) is 10.8. The maximum absolute atomic E-state index is 5.24. The van der Waals surface area contributed by atoms with Crippen molar-refractivity contribution in [3.63, 3.8) is 0 Å². The Morgan fingerprint density at radius 3 is 1.80 bits per heavy atom. The molecule has 0 aliphatic rings. The molecule has 9 rings (SSSR count). The van der Waals surface area contributed by atoms with E-state index in [1.165, 1.54) is 43.4 Å². The van der Waals surface area contributed by atoms with Gasteiger partial charge in [-0.1, -0.05) is 121 Å². The van der Waals surface area contributed by atoms with E-state index in [1.807, 2.05) is 18.3 Å². The molecule has 0 aliphatic carbocycles. The van der Waals surface area contributed by atoms with Crippen LogP contribution in [0.15, 0.2) is 170 Å². The van der Waals surface area contributed by atoms with Gasteiger partial charge in [-0.2, -0.15) is 0 Å². The van der Waals surface area contributed by atoms with Crippen molar-refractivity contribution in [3.8, 4) is 44.8 Å². The molecule has 2 nitrogen and oxygen atoms in total. The second-order valence-electron chi connectivity index (χ2n) is 11.8. The van der Waals surface area contributed by atoms with Crippen molar-refractivity contribution < 1.29 is 0 Å². The minimum absolute atomic E-state index is 0.964. The summed E-state index contributed by atoms with van der Waals surface area (Å²) in [5.41, 5.74) is 9.83. The molecule has 0 amide bonds. The molecule has 0 radical (unpaired) electrons. The SMILES string of the molecule is c1ccc(-c2ccc(-c3cc(-c4ccc5ccccc5c4)nc4ccc(-c5cc6ccccc6c6ccccc56)cc34)cc2)nc1. The normalized spacial score (nSPS) is 11.5. The van der Waals surface area contributed by atoms with Crippen LogP contribution in [0.1, 0.15) is 0 Å². The van der Waals surface area contributed by atoms with Crippen LogP contribution >= 0.6 is 0 Å². The van der Waals surface area contributed by atoms with Crippen molar-refractivity contribution in [2.75, 3.05) is 0 Å². The van der Waals surface area contributed by atoms with Crippen LogP contribution in [0, 0.1) is 0 Å². The fourth-order valence-corrected chi connectivity index (χ4v) is 6.78. The molecule has 0 atom stereocenters. The van der Waals surface area contributed by atoms with E-state index in [4.69, 9.17) is 4.98 Å². The van der Waals surface area contributed by atoms with Gasteiger partial charge in [0.05, 0.1) is 16.9 Å². The molecule has 214 valence electrons. The third-order valence-electron chi connectivity index (χ3n) is 9.09. The summed E-state index contributed by atoms with van der Waals surface area (Å²) >= 11 is 0. The zero-order valence-electron chi connectivity index (χ0n) is 25.1. The van der Waals surface area contributed by atoms with E-state index in [0.717, 1.165) is 44.5 Å². The highest BCUT2D eigenvalue weighted by atomic mass is 14.7. The number of hydrogen-bond donors (Lipinski definition) is 0.